The summed E-state index contributed by atoms with van der Waals surface area (Å²) in [6.45, 7) is 9.12. The van der Waals surface area contributed by atoms with Gasteiger partial charge in [0.2, 0.25) is 0 Å². The monoisotopic (exact) mass is 281 g/mol. The Hall–Kier alpha value is -0.630. The molecule has 1 heterocycles. The van der Waals surface area contributed by atoms with Crippen LogP contribution in [0.3, 0.4) is 0 Å². The van der Waals surface area contributed by atoms with Crippen LogP contribution in [0, 0.1) is 11.3 Å². The van der Waals surface area contributed by atoms with Crippen LogP contribution in [0.15, 0.2) is 0 Å². The molecule has 1 fully saturated rings. The summed E-state index contributed by atoms with van der Waals surface area (Å²) in [5, 5.41) is 12.7. The van der Waals surface area contributed by atoms with Crippen molar-refractivity contribution in [2.45, 2.75) is 70.5 Å². The number of nitrogens with one attached hydrogen (secondary N) is 1. The van der Waals surface area contributed by atoms with E-state index in [-0.39, 0.29) is 5.54 Å². The van der Waals surface area contributed by atoms with Gasteiger partial charge in [-0.15, -0.1) is 0 Å². The molecular formula is C16H31N3O. The summed E-state index contributed by atoms with van der Waals surface area (Å²) < 4.78 is 5.40. The van der Waals surface area contributed by atoms with Crippen LogP contribution in [0.1, 0.15) is 52.9 Å². The number of hydrogen-bond acceptors (Lipinski definition) is 4. The zero-order valence-corrected chi connectivity index (χ0v) is 13.6. The largest absolute Gasteiger partial charge is 0.381 e. The Morgan fingerprint density at radius 1 is 1.35 bits per heavy atom. The van der Waals surface area contributed by atoms with Gasteiger partial charge in [-0.2, -0.15) is 5.26 Å². The molecule has 1 rings (SSSR count). The lowest BCUT2D eigenvalue weighted by Crippen LogP contribution is -2.45. The number of unbranched alkanes of at least 4 members (excludes halogenated alkanes) is 1. The first-order chi connectivity index (χ1) is 9.47. The molecule has 0 saturated carbocycles. The van der Waals surface area contributed by atoms with Gasteiger partial charge in [0.25, 0.3) is 0 Å². The first-order valence-electron chi connectivity index (χ1n) is 7.94. The van der Waals surface area contributed by atoms with Crippen LogP contribution in [0.4, 0.5) is 0 Å². The lowest BCUT2D eigenvalue weighted by molar-refractivity contribution is 0.0425. The van der Waals surface area contributed by atoms with Crippen molar-refractivity contribution in [2.24, 2.45) is 0 Å². The van der Waals surface area contributed by atoms with Crippen molar-refractivity contribution in [3.63, 3.8) is 0 Å². The standard InChI is InChI=1S/C16H31N3O/c1-14(2)18-16(3,13-17)9-5-6-10-19(4)15-7-11-20-12-8-15/h14-15,18H,5-12H2,1-4H3. The van der Waals surface area contributed by atoms with Crippen molar-refractivity contribution in [3.05, 3.63) is 0 Å². The maximum Gasteiger partial charge on any atom is 0.104 e. The van der Waals surface area contributed by atoms with Crippen LogP contribution < -0.4 is 5.32 Å². The van der Waals surface area contributed by atoms with E-state index in [4.69, 9.17) is 4.74 Å². The van der Waals surface area contributed by atoms with E-state index >= 15 is 0 Å². The number of nitrogens with zero attached hydrogens (tertiary/aromatic N) is 2. The first kappa shape index (κ1) is 17.4. The molecule has 4 nitrogen and oxygen atoms in total. The molecule has 1 atom stereocenters. The van der Waals surface area contributed by atoms with Crippen molar-refractivity contribution >= 4 is 0 Å². The summed E-state index contributed by atoms with van der Waals surface area (Å²) in [5.74, 6) is 0. The maximum atomic E-state index is 9.31. The minimum atomic E-state index is -0.384. The van der Waals surface area contributed by atoms with Crippen molar-refractivity contribution in [3.8, 4) is 6.07 Å². The summed E-state index contributed by atoms with van der Waals surface area (Å²) in [7, 11) is 2.21. The van der Waals surface area contributed by atoms with E-state index in [1.165, 1.54) is 0 Å². The molecule has 1 saturated heterocycles. The third kappa shape index (κ3) is 6.21. The second kappa shape index (κ2) is 8.61. The van der Waals surface area contributed by atoms with Gasteiger partial charge in [0.15, 0.2) is 0 Å². The third-order valence-electron chi connectivity index (χ3n) is 4.11. The van der Waals surface area contributed by atoms with E-state index in [1.54, 1.807) is 0 Å². The Morgan fingerprint density at radius 3 is 2.55 bits per heavy atom. The minimum Gasteiger partial charge on any atom is -0.381 e. The van der Waals surface area contributed by atoms with Gasteiger partial charge >= 0.3 is 0 Å². The van der Waals surface area contributed by atoms with Gasteiger partial charge in [-0.3, -0.25) is 5.32 Å². The lowest BCUT2D eigenvalue weighted by atomic mass is 9.95. The molecule has 0 aromatic carbocycles. The van der Waals surface area contributed by atoms with Gasteiger partial charge in [0.1, 0.15) is 5.54 Å². The minimum absolute atomic E-state index is 0.351. The third-order valence-corrected chi connectivity index (χ3v) is 4.11. The quantitative estimate of drug-likeness (QED) is 0.695. The molecular weight excluding hydrogens is 250 g/mol. The summed E-state index contributed by atoms with van der Waals surface area (Å²) in [6, 6.07) is 3.45. The topological polar surface area (TPSA) is 48.3 Å². The first-order valence-corrected chi connectivity index (χ1v) is 7.94. The van der Waals surface area contributed by atoms with Crippen LogP contribution in [-0.2, 0) is 4.74 Å². The van der Waals surface area contributed by atoms with Gasteiger partial charge in [-0.1, -0.05) is 0 Å². The summed E-state index contributed by atoms with van der Waals surface area (Å²) >= 11 is 0. The SMILES string of the molecule is CC(C)NC(C)(C#N)CCCCN(C)C1CCOCC1. The molecule has 1 aliphatic heterocycles. The van der Waals surface area contributed by atoms with E-state index in [1.807, 2.05) is 6.92 Å². The van der Waals surface area contributed by atoms with E-state index in [0.717, 1.165) is 51.9 Å². The average molecular weight is 281 g/mol. The van der Waals surface area contributed by atoms with E-state index in [0.29, 0.717) is 12.1 Å². The number of nitriles is 1. The van der Waals surface area contributed by atoms with Crippen LogP contribution in [0.25, 0.3) is 0 Å². The van der Waals surface area contributed by atoms with Crippen molar-refractivity contribution in [2.75, 3.05) is 26.8 Å². The van der Waals surface area contributed by atoms with Crippen LogP contribution >= 0.6 is 0 Å². The number of hydrogen-bond donors (Lipinski definition) is 1. The summed E-state index contributed by atoms with van der Waals surface area (Å²) in [5.41, 5.74) is -0.384. The molecule has 0 bridgehead atoms. The maximum absolute atomic E-state index is 9.31. The lowest BCUT2D eigenvalue weighted by Gasteiger charge is -2.31. The molecule has 1 unspecified atom stereocenters. The average Bonchev–Trinajstić information content (AvgIpc) is 2.43. The normalized spacial score (nSPS) is 20.1. The molecule has 1 aliphatic rings. The number of rotatable bonds is 8. The zero-order chi connectivity index (χ0) is 15.0. The fourth-order valence-corrected chi connectivity index (χ4v) is 2.95. The highest BCUT2D eigenvalue weighted by Crippen LogP contribution is 2.16. The molecule has 4 heteroatoms. The van der Waals surface area contributed by atoms with Gasteiger partial charge in [0.05, 0.1) is 6.07 Å². The van der Waals surface area contributed by atoms with Crippen molar-refractivity contribution in [1.82, 2.24) is 10.2 Å². The smallest absolute Gasteiger partial charge is 0.104 e. The highest BCUT2D eigenvalue weighted by atomic mass is 16.5. The molecule has 116 valence electrons. The second-order valence-corrected chi connectivity index (χ2v) is 6.52. The molecule has 0 spiro atoms. The van der Waals surface area contributed by atoms with Crippen LogP contribution in [-0.4, -0.2) is 49.3 Å². The van der Waals surface area contributed by atoms with E-state index in [9.17, 15) is 5.26 Å². The predicted octanol–water partition coefficient (Wildman–Crippen LogP) is 2.55. The Kier molecular flexibility index (Phi) is 7.50. The molecule has 1 N–H and O–H groups in total. The fraction of sp³-hybridized carbons (Fsp3) is 0.938. The van der Waals surface area contributed by atoms with Crippen molar-refractivity contribution in [1.29, 1.82) is 5.26 Å². The molecule has 0 amide bonds. The van der Waals surface area contributed by atoms with Gasteiger partial charge in [0, 0.05) is 25.3 Å². The highest BCUT2D eigenvalue weighted by Gasteiger charge is 2.24. The highest BCUT2D eigenvalue weighted by molar-refractivity contribution is 5.04. The Labute approximate surface area is 124 Å². The van der Waals surface area contributed by atoms with Crippen LogP contribution in [0.5, 0.6) is 0 Å². The zero-order valence-electron chi connectivity index (χ0n) is 13.6. The Morgan fingerprint density at radius 2 is 2.00 bits per heavy atom. The predicted molar refractivity (Wildman–Crippen MR) is 82.6 cm³/mol. The van der Waals surface area contributed by atoms with E-state index in [2.05, 4.69) is 37.2 Å². The fourth-order valence-electron chi connectivity index (χ4n) is 2.95. The second-order valence-electron chi connectivity index (χ2n) is 6.52. The number of ether oxygens (including phenoxy) is 1. The van der Waals surface area contributed by atoms with E-state index < -0.39 is 0 Å². The summed E-state index contributed by atoms with van der Waals surface area (Å²) in [4.78, 5) is 2.46. The van der Waals surface area contributed by atoms with Crippen molar-refractivity contribution < 1.29 is 4.74 Å². The molecule has 0 aliphatic carbocycles. The Balaban J connectivity index is 2.21. The molecule has 20 heavy (non-hydrogen) atoms. The van der Waals surface area contributed by atoms with Crippen LogP contribution in [0.2, 0.25) is 0 Å². The molecule has 0 aromatic rings. The molecule has 0 radical (unpaired) electrons. The Bertz CT molecular complexity index is 307. The van der Waals surface area contributed by atoms with Gasteiger partial charge in [-0.25, -0.2) is 0 Å². The van der Waals surface area contributed by atoms with Gasteiger partial charge < -0.3 is 9.64 Å². The molecule has 0 aromatic heterocycles. The van der Waals surface area contributed by atoms with Gasteiger partial charge in [-0.05, 0) is 66.5 Å². The summed E-state index contributed by atoms with van der Waals surface area (Å²) in [6.07, 6.45) is 5.48.